The van der Waals surface area contributed by atoms with Crippen LogP contribution in [0.3, 0.4) is 0 Å². The lowest BCUT2D eigenvalue weighted by atomic mass is 10.2. The highest BCUT2D eigenvalue weighted by atomic mass is 35.5. The zero-order valence-corrected chi connectivity index (χ0v) is 17.5. The standard InChI is InChI=1S/C24H19ClN4O2/c1-27-20-12-9-17(25)13-21(20)29(18-5-3-2-4-6-18)24(31)22-23(27)26-15-28(22)14-16-7-10-19(30)11-8-16/h2-13,15,30H,14H2,1H3. The van der Waals surface area contributed by atoms with Crippen LogP contribution in [0.1, 0.15) is 16.1 Å². The fourth-order valence-corrected chi connectivity index (χ4v) is 4.04. The number of nitrogens with zero attached hydrogens (tertiary/aromatic N) is 4. The van der Waals surface area contributed by atoms with Crippen molar-refractivity contribution in [2.75, 3.05) is 16.8 Å². The molecule has 5 rings (SSSR count). The lowest BCUT2D eigenvalue weighted by Crippen LogP contribution is -2.27. The average Bonchev–Trinajstić information content (AvgIpc) is 3.16. The van der Waals surface area contributed by atoms with E-state index in [-0.39, 0.29) is 11.7 Å². The lowest BCUT2D eigenvalue weighted by Gasteiger charge is -2.25. The molecule has 1 aliphatic heterocycles. The molecule has 7 heteroatoms. The molecule has 154 valence electrons. The zero-order chi connectivity index (χ0) is 21.5. The Kier molecular flexibility index (Phi) is 4.64. The Bertz CT molecular complexity index is 1270. The molecule has 1 aromatic heterocycles. The molecular formula is C24H19ClN4O2. The van der Waals surface area contributed by atoms with E-state index in [9.17, 15) is 9.90 Å². The number of aromatic nitrogens is 2. The number of imidazole rings is 1. The van der Waals surface area contributed by atoms with E-state index in [1.54, 1.807) is 29.4 Å². The minimum atomic E-state index is -0.189. The molecule has 4 aromatic rings. The third-order valence-electron chi connectivity index (χ3n) is 5.39. The number of phenols is 1. The summed E-state index contributed by atoms with van der Waals surface area (Å²) in [6.07, 6.45) is 1.68. The number of hydrogen-bond donors (Lipinski definition) is 1. The van der Waals surface area contributed by atoms with Gasteiger partial charge in [0, 0.05) is 24.3 Å². The molecule has 1 aliphatic rings. The molecule has 0 fully saturated rings. The molecule has 0 unspecified atom stereocenters. The number of phenolic OH excluding ortho intramolecular Hbond substituents is 1. The number of fused-ring (bicyclic) bond motifs is 2. The van der Waals surface area contributed by atoms with E-state index < -0.39 is 0 Å². The van der Waals surface area contributed by atoms with E-state index in [4.69, 9.17) is 11.6 Å². The number of amides is 1. The van der Waals surface area contributed by atoms with Crippen LogP contribution in [0.25, 0.3) is 0 Å². The molecule has 31 heavy (non-hydrogen) atoms. The summed E-state index contributed by atoms with van der Waals surface area (Å²) in [4.78, 5) is 22.1. The molecule has 0 spiro atoms. The normalized spacial score (nSPS) is 13.0. The molecule has 3 aromatic carbocycles. The lowest BCUT2D eigenvalue weighted by molar-refractivity contribution is 0.0992. The van der Waals surface area contributed by atoms with Gasteiger partial charge in [-0.05, 0) is 48.0 Å². The fraction of sp³-hybridized carbons (Fsp3) is 0.0833. The van der Waals surface area contributed by atoms with Crippen molar-refractivity contribution in [3.63, 3.8) is 0 Å². The van der Waals surface area contributed by atoms with Crippen molar-refractivity contribution in [2.45, 2.75) is 6.54 Å². The van der Waals surface area contributed by atoms with Crippen molar-refractivity contribution >= 4 is 40.4 Å². The minimum absolute atomic E-state index is 0.189. The van der Waals surface area contributed by atoms with Gasteiger partial charge in [-0.1, -0.05) is 41.9 Å². The van der Waals surface area contributed by atoms with Crippen LogP contribution in [0.5, 0.6) is 5.75 Å². The number of rotatable bonds is 3. The molecule has 1 amide bonds. The Balaban J connectivity index is 1.69. The smallest absolute Gasteiger partial charge is 0.283 e. The van der Waals surface area contributed by atoms with Crippen LogP contribution in [-0.2, 0) is 6.54 Å². The van der Waals surface area contributed by atoms with Gasteiger partial charge in [0.05, 0.1) is 17.7 Å². The molecule has 0 radical (unpaired) electrons. The average molecular weight is 431 g/mol. The third-order valence-corrected chi connectivity index (χ3v) is 5.62. The first-order valence-corrected chi connectivity index (χ1v) is 10.2. The second-order valence-electron chi connectivity index (χ2n) is 7.38. The first-order valence-electron chi connectivity index (χ1n) is 9.79. The number of aromatic hydroxyl groups is 1. The van der Waals surface area contributed by atoms with E-state index in [1.807, 2.05) is 71.1 Å². The van der Waals surface area contributed by atoms with Crippen LogP contribution in [0.15, 0.2) is 79.1 Å². The number of carbonyl (C=O) groups excluding carboxylic acids is 1. The van der Waals surface area contributed by atoms with Gasteiger partial charge < -0.3 is 14.6 Å². The minimum Gasteiger partial charge on any atom is -0.508 e. The molecule has 1 N–H and O–H groups in total. The number of halogens is 1. The topological polar surface area (TPSA) is 61.6 Å². The van der Waals surface area contributed by atoms with Crippen molar-refractivity contribution in [1.82, 2.24) is 9.55 Å². The van der Waals surface area contributed by atoms with Crippen molar-refractivity contribution in [3.05, 3.63) is 95.4 Å². The van der Waals surface area contributed by atoms with Crippen molar-refractivity contribution in [1.29, 1.82) is 0 Å². The van der Waals surface area contributed by atoms with Crippen LogP contribution in [0.2, 0.25) is 5.02 Å². The highest BCUT2D eigenvalue weighted by molar-refractivity contribution is 6.31. The highest BCUT2D eigenvalue weighted by Crippen LogP contribution is 2.43. The van der Waals surface area contributed by atoms with Crippen LogP contribution in [0, 0.1) is 0 Å². The van der Waals surface area contributed by atoms with E-state index in [2.05, 4.69) is 4.98 Å². The number of benzene rings is 3. The highest BCUT2D eigenvalue weighted by Gasteiger charge is 2.34. The Morgan fingerprint density at radius 1 is 0.968 bits per heavy atom. The van der Waals surface area contributed by atoms with Crippen molar-refractivity contribution < 1.29 is 9.90 Å². The van der Waals surface area contributed by atoms with Gasteiger partial charge in [0.1, 0.15) is 5.75 Å². The summed E-state index contributed by atoms with van der Waals surface area (Å²) in [7, 11) is 1.89. The molecule has 0 atom stereocenters. The van der Waals surface area contributed by atoms with Gasteiger partial charge in [-0.3, -0.25) is 9.69 Å². The Morgan fingerprint density at radius 3 is 2.45 bits per heavy atom. The van der Waals surface area contributed by atoms with Crippen LogP contribution < -0.4 is 9.80 Å². The summed E-state index contributed by atoms with van der Waals surface area (Å²) >= 11 is 6.32. The van der Waals surface area contributed by atoms with E-state index in [1.165, 1.54) is 0 Å². The summed E-state index contributed by atoms with van der Waals surface area (Å²) in [5.41, 5.74) is 3.70. The number of hydrogen-bond acceptors (Lipinski definition) is 4. The van der Waals surface area contributed by atoms with Gasteiger partial charge in [0.2, 0.25) is 0 Å². The monoisotopic (exact) mass is 430 g/mol. The predicted octanol–water partition coefficient (Wildman–Crippen LogP) is 5.35. The SMILES string of the molecule is CN1c2ccc(Cl)cc2N(c2ccccc2)C(=O)c2c1ncn2Cc1ccc(O)cc1. The second kappa shape index (κ2) is 7.49. The summed E-state index contributed by atoms with van der Waals surface area (Å²) in [6, 6.07) is 21.9. The molecule has 6 nitrogen and oxygen atoms in total. The van der Waals surface area contributed by atoms with Gasteiger partial charge in [0.25, 0.3) is 5.91 Å². The number of para-hydroxylation sites is 1. The fourth-order valence-electron chi connectivity index (χ4n) is 3.88. The summed E-state index contributed by atoms with van der Waals surface area (Å²) in [6.45, 7) is 0.446. The van der Waals surface area contributed by atoms with E-state index >= 15 is 0 Å². The maximum absolute atomic E-state index is 13.9. The molecule has 2 heterocycles. The number of anilines is 4. The Labute approximate surface area is 184 Å². The van der Waals surface area contributed by atoms with Crippen molar-refractivity contribution in [2.24, 2.45) is 0 Å². The van der Waals surface area contributed by atoms with Crippen LogP contribution in [-0.4, -0.2) is 27.6 Å². The first kappa shape index (κ1) is 19.2. The predicted molar refractivity (Wildman–Crippen MR) is 122 cm³/mol. The summed E-state index contributed by atoms with van der Waals surface area (Å²) in [5.74, 6) is 0.586. The van der Waals surface area contributed by atoms with Gasteiger partial charge in [-0.2, -0.15) is 0 Å². The molecular weight excluding hydrogens is 412 g/mol. The van der Waals surface area contributed by atoms with Gasteiger partial charge >= 0.3 is 0 Å². The van der Waals surface area contributed by atoms with E-state index in [0.29, 0.717) is 28.8 Å². The maximum atomic E-state index is 13.9. The largest absolute Gasteiger partial charge is 0.508 e. The molecule has 0 saturated heterocycles. The quantitative estimate of drug-likeness (QED) is 0.476. The molecule has 0 aliphatic carbocycles. The van der Waals surface area contributed by atoms with Gasteiger partial charge in [-0.15, -0.1) is 0 Å². The van der Waals surface area contributed by atoms with Crippen LogP contribution >= 0.6 is 11.6 Å². The molecule has 0 saturated carbocycles. The summed E-state index contributed by atoms with van der Waals surface area (Å²) < 4.78 is 1.84. The Morgan fingerprint density at radius 2 is 1.71 bits per heavy atom. The van der Waals surface area contributed by atoms with Crippen molar-refractivity contribution in [3.8, 4) is 5.75 Å². The van der Waals surface area contributed by atoms with Gasteiger partial charge in [-0.25, -0.2) is 4.98 Å². The second-order valence-corrected chi connectivity index (χ2v) is 7.82. The Hall–Kier alpha value is -3.77. The first-order chi connectivity index (χ1) is 15.0. The molecule has 0 bridgehead atoms. The van der Waals surface area contributed by atoms with E-state index in [0.717, 1.165) is 16.9 Å². The zero-order valence-electron chi connectivity index (χ0n) is 16.7. The van der Waals surface area contributed by atoms with Crippen LogP contribution in [0.4, 0.5) is 22.9 Å². The maximum Gasteiger partial charge on any atom is 0.283 e. The number of carbonyl (C=O) groups is 1. The van der Waals surface area contributed by atoms with Gasteiger partial charge in [0.15, 0.2) is 11.5 Å². The summed E-state index contributed by atoms with van der Waals surface area (Å²) in [5, 5.41) is 10.1. The third kappa shape index (κ3) is 3.31.